The summed E-state index contributed by atoms with van der Waals surface area (Å²) in [4.78, 5) is 16.9. The van der Waals surface area contributed by atoms with E-state index in [4.69, 9.17) is 0 Å². The predicted molar refractivity (Wildman–Crippen MR) is 108 cm³/mol. The maximum Gasteiger partial charge on any atom is 0.417 e. The molecule has 1 N–H and O–H groups in total. The van der Waals surface area contributed by atoms with Crippen molar-refractivity contribution < 1.29 is 13.2 Å². The molecule has 2 aromatic heterocycles. The van der Waals surface area contributed by atoms with Crippen LogP contribution in [0.4, 0.5) is 24.7 Å². The first-order valence-corrected chi connectivity index (χ1v) is 8.93. The first-order chi connectivity index (χ1) is 13.9. The molecule has 0 aliphatic heterocycles. The number of allylic oxidation sites excluding steroid dienone is 6. The van der Waals surface area contributed by atoms with E-state index in [0.29, 0.717) is 23.6 Å². The lowest BCUT2D eigenvalue weighted by molar-refractivity contribution is -0.136. The Bertz CT molecular complexity index is 1210. The van der Waals surface area contributed by atoms with Crippen molar-refractivity contribution >= 4 is 28.2 Å². The minimum absolute atomic E-state index is 0.0523. The molecule has 1 aliphatic rings. The highest BCUT2D eigenvalue weighted by atomic mass is 19.4. The molecular formula is C22H16F3N3O. The molecule has 0 unspecified atom stereocenters. The number of pyridine rings is 2. The average Bonchev–Trinajstić information content (AvgIpc) is 2.97. The Labute approximate surface area is 164 Å². The second-order valence-electron chi connectivity index (χ2n) is 6.43. The van der Waals surface area contributed by atoms with Gasteiger partial charge in [0.2, 0.25) is 0 Å². The summed E-state index contributed by atoms with van der Waals surface area (Å²) in [6, 6.07) is 11.1. The van der Waals surface area contributed by atoms with Crippen LogP contribution in [0.15, 0.2) is 83.8 Å². The van der Waals surface area contributed by atoms with E-state index in [9.17, 15) is 18.0 Å². The van der Waals surface area contributed by atoms with E-state index in [0.717, 1.165) is 12.3 Å². The van der Waals surface area contributed by atoms with Crippen LogP contribution in [0.3, 0.4) is 0 Å². The van der Waals surface area contributed by atoms with Gasteiger partial charge in [0, 0.05) is 23.6 Å². The Morgan fingerprint density at radius 2 is 1.86 bits per heavy atom. The van der Waals surface area contributed by atoms with Crippen LogP contribution in [0.2, 0.25) is 0 Å². The van der Waals surface area contributed by atoms with Crippen molar-refractivity contribution in [2.45, 2.75) is 12.6 Å². The number of fused-ring (bicyclic) bond motifs is 1. The summed E-state index contributed by atoms with van der Waals surface area (Å²) in [6.07, 6.45) is 6.21. The van der Waals surface area contributed by atoms with E-state index in [1.807, 2.05) is 36.4 Å². The minimum Gasteiger partial charge on any atom is -0.341 e. The molecule has 0 saturated heterocycles. The Balaban J connectivity index is 2.04. The molecule has 0 bridgehead atoms. The van der Waals surface area contributed by atoms with Crippen molar-refractivity contribution in [2.24, 2.45) is 0 Å². The van der Waals surface area contributed by atoms with Gasteiger partial charge in [-0.2, -0.15) is 13.2 Å². The molecule has 0 atom stereocenters. The fourth-order valence-corrected chi connectivity index (χ4v) is 3.23. The van der Waals surface area contributed by atoms with Crippen LogP contribution >= 0.6 is 0 Å². The SMILES string of the molecule is O=c1cc(Nc2ccccc2)n(C2=CCC=CC=C2)c2nccc(C(F)(F)F)c12. The van der Waals surface area contributed by atoms with Crippen LogP contribution in [-0.4, -0.2) is 9.55 Å². The Hall–Kier alpha value is -3.61. The van der Waals surface area contributed by atoms with Crippen LogP contribution in [0.1, 0.15) is 12.0 Å². The van der Waals surface area contributed by atoms with E-state index >= 15 is 0 Å². The monoisotopic (exact) mass is 395 g/mol. The van der Waals surface area contributed by atoms with Crippen molar-refractivity contribution in [3.63, 3.8) is 0 Å². The zero-order chi connectivity index (χ0) is 20.4. The van der Waals surface area contributed by atoms with E-state index in [-0.39, 0.29) is 5.65 Å². The number of hydrogen-bond donors (Lipinski definition) is 1. The van der Waals surface area contributed by atoms with Crippen molar-refractivity contribution in [3.05, 3.63) is 94.8 Å². The number of alkyl halides is 3. The third-order valence-electron chi connectivity index (χ3n) is 4.48. The van der Waals surface area contributed by atoms with E-state index in [2.05, 4.69) is 10.3 Å². The fraction of sp³-hybridized carbons (Fsp3) is 0.0909. The molecule has 0 amide bonds. The second kappa shape index (κ2) is 7.43. The van der Waals surface area contributed by atoms with Gasteiger partial charge in [-0.05, 0) is 30.7 Å². The summed E-state index contributed by atoms with van der Waals surface area (Å²) in [5.74, 6) is 0.332. The zero-order valence-electron chi connectivity index (χ0n) is 15.1. The van der Waals surface area contributed by atoms with Gasteiger partial charge >= 0.3 is 6.18 Å². The van der Waals surface area contributed by atoms with E-state index in [1.165, 1.54) is 6.07 Å². The summed E-state index contributed by atoms with van der Waals surface area (Å²) in [5.41, 5.74) is -0.479. The number of benzene rings is 1. The fourth-order valence-electron chi connectivity index (χ4n) is 3.23. The van der Waals surface area contributed by atoms with Gasteiger partial charge in [0.25, 0.3) is 0 Å². The average molecular weight is 395 g/mol. The third-order valence-corrected chi connectivity index (χ3v) is 4.48. The summed E-state index contributed by atoms with van der Waals surface area (Å²) in [7, 11) is 0. The number of nitrogens with one attached hydrogen (secondary N) is 1. The van der Waals surface area contributed by atoms with Gasteiger partial charge in [0.1, 0.15) is 5.82 Å². The molecule has 146 valence electrons. The molecule has 1 aromatic carbocycles. The lowest BCUT2D eigenvalue weighted by Crippen LogP contribution is -2.18. The highest BCUT2D eigenvalue weighted by Gasteiger charge is 2.34. The van der Waals surface area contributed by atoms with Crippen molar-refractivity contribution in [3.8, 4) is 0 Å². The topological polar surface area (TPSA) is 46.9 Å². The molecule has 4 rings (SSSR count). The Kier molecular flexibility index (Phi) is 4.80. The molecule has 1 aliphatic carbocycles. The Morgan fingerprint density at radius 1 is 1.07 bits per heavy atom. The number of halogens is 3. The van der Waals surface area contributed by atoms with Crippen molar-refractivity contribution in [1.29, 1.82) is 0 Å². The van der Waals surface area contributed by atoms with Gasteiger partial charge in [-0.15, -0.1) is 0 Å². The van der Waals surface area contributed by atoms with Crippen LogP contribution in [-0.2, 0) is 6.18 Å². The maximum absolute atomic E-state index is 13.6. The zero-order valence-corrected chi connectivity index (χ0v) is 15.1. The number of para-hydroxylation sites is 1. The first-order valence-electron chi connectivity index (χ1n) is 8.93. The van der Waals surface area contributed by atoms with Gasteiger partial charge in [-0.1, -0.05) is 42.5 Å². The molecule has 3 aromatic rings. The molecule has 7 heteroatoms. The summed E-state index contributed by atoms with van der Waals surface area (Å²) >= 11 is 0. The molecule has 29 heavy (non-hydrogen) atoms. The van der Waals surface area contributed by atoms with Gasteiger partial charge in [0.15, 0.2) is 11.1 Å². The molecule has 4 nitrogen and oxygen atoms in total. The van der Waals surface area contributed by atoms with Crippen LogP contribution in [0, 0.1) is 0 Å². The van der Waals surface area contributed by atoms with Crippen LogP contribution in [0.25, 0.3) is 16.7 Å². The molecular weight excluding hydrogens is 379 g/mol. The summed E-state index contributed by atoms with van der Waals surface area (Å²) in [6.45, 7) is 0. The van der Waals surface area contributed by atoms with Gasteiger partial charge in [-0.25, -0.2) is 4.98 Å². The first kappa shape index (κ1) is 18.7. The van der Waals surface area contributed by atoms with Crippen LogP contribution in [0.5, 0.6) is 0 Å². The van der Waals surface area contributed by atoms with Gasteiger partial charge in [0.05, 0.1) is 10.9 Å². The highest BCUT2D eigenvalue weighted by Crippen LogP contribution is 2.34. The van der Waals surface area contributed by atoms with Gasteiger partial charge < -0.3 is 5.32 Å². The predicted octanol–water partition coefficient (Wildman–Crippen LogP) is 5.52. The normalized spacial score (nSPS) is 14.0. The molecule has 2 heterocycles. The maximum atomic E-state index is 13.6. The standard InChI is InChI=1S/C22H16F3N3O/c23-22(24,25)17-12-13-26-21-20(17)18(29)14-19(27-15-8-4-3-5-9-15)28(21)16-10-6-1-2-7-11-16/h1-6,8-14,27H,7H2. The molecule has 0 saturated carbocycles. The summed E-state index contributed by atoms with van der Waals surface area (Å²) < 4.78 is 42.2. The van der Waals surface area contributed by atoms with E-state index in [1.54, 1.807) is 28.9 Å². The number of rotatable bonds is 3. The highest BCUT2D eigenvalue weighted by molar-refractivity contribution is 5.87. The number of aromatic nitrogens is 2. The smallest absolute Gasteiger partial charge is 0.341 e. The quantitative estimate of drug-likeness (QED) is 0.636. The molecule has 0 fully saturated rings. The molecule has 0 radical (unpaired) electrons. The number of anilines is 2. The second-order valence-corrected chi connectivity index (χ2v) is 6.43. The third kappa shape index (κ3) is 3.71. The van der Waals surface area contributed by atoms with Crippen molar-refractivity contribution in [1.82, 2.24) is 9.55 Å². The largest absolute Gasteiger partial charge is 0.417 e. The van der Waals surface area contributed by atoms with E-state index < -0.39 is 22.6 Å². The number of nitrogens with zero attached hydrogens (tertiary/aromatic N) is 2. The minimum atomic E-state index is -4.66. The molecule has 0 spiro atoms. The summed E-state index contributed by atoms with van der Waals surface area (Å²) in [5, 5.41) is 2.67. The lowest BCUT2D eigenvalue weighted by Gasteiger charge is -2.20. The van der Waals surface area contributed by atoms with Crippen molar-refractivity contribution in [2.75, 3.05) is 5.32 Å². The van der Waals surface area contributed by atoms with Gasteiger partial charge in [-0.3, -0.25) is 9.36 Å². The Morgan fingerprint density at radius 3 is 2.62 bits per heavy atom. The van der Waals surface area contributed by atoms with Crippen LogP contribution < -0.4 is 10.7 Å². The number of hydrogen-bond acceptors (Lipinski definition) is 3. The lowest BCUT2D eigenvalue weighted by atomic mass is 10.1.